The Morgan fingerprint density at radius 3 is 2.30 bits per heavy atom. The van der Waals surface area contributed by atoms with Gasteiger partial charge in [-0.1, -0.05) is 72.3 Å². The van der Waals surface area contributed by atoms with Crippen LogP contribution in [-0.4, -0.2) is 56.5 Å². The molecule has 0 saturated carbocycles. The topological polar surface area (TPSA) is 98.7 Å². The van der Waals surface area contributed by atoms with Crippen LogP contribution in [0.1, 0.15) is 46.5 Å². The fourth-order valence-electron chi connectivity index (χ4n) is 4.91. The van der Waals surface area contributed by atoms with Crippen molar-refractivity contribution < 1.29 is 19.5 Å². The normalized spacial score (nSPS) is 17.6. The summed E-state index contributed by atoms with van der Waals surface area (Å²) >= 11 is 1.49. The fourth-order valence-corrected chi connectivity index (χ4v) is 6.05. The average molecular weight is 560 g/mol. The minimum Gasteiger partial charge on any atom is -0.381 e. The smallest absolute Gasteiger partial charge is 0.254 e. The van der Waals surface area contributed by atoms with Crippen LogP contribution in [0.2, 0.25) is 0 Å². The van der Waals surface area contributed by atoms with Gasteiger partial charge < -0.3 is 20.6 Å². The van der Waals surface area contributed by atoms with Crippen molar-refractivity contribution in [1.29, 1.82) is 0 Å². The van der Waals surface area contributed by atoms with E-state index < -0.39 is 28.8 Å². The molecule has 8 heteroatoms. The Hall–Kier alpha value is -3.62. The van der Waals surface area contributed by atoms with Gasteiger partial charge in [0.15, 0.2) is 6.10 Å². The summed E-state index contributed by atoms with van der Waals surface area (Å²) in [6.45, 7) is 8.12. The van der Waals surface area contributed by atoms with Gasteiger partial charge >= 0.3 is 0 Å². The standard InChI is InChI=1S/C32H37N3O4S/c1-21-14-16-24(17-15-21)29(37)34-26(18-23-11-6-5-7-12-23)27(36)31(39)35-20-40-32(3,4)28(35)30(38)33-19-25-13-9-8-10-22(25)2/h5-17,26-28,36H,18-20H2,1-4H3,(H,33,38)(H,34,37)/t26-,27-,28+/m0/s1. The van der Waals surface area contributed by atoms with Crippen LogP contribution < -0.4 is 10.6 Å². The monoisotopic (exact) mass is 559 g/mol. The number of aryl methyl sites for hydroxylation is 2. The number of nitrogens with zero attached hydrogens (tertiary/aromatic N) is 1. The molecule has 210 valence electrons. The van der Waals surface area contributed by atoms with Gasteiger partial charge in [-0.05, 0) is 62.9 Å². The van der Waals surface area contributed by atoms with Crippen LogP contribution in [0.5, 0.6) is 0 Å². The maximum absolute atomic E-state index is 13.8. The first kappa shape index (κ1) is 29.4. The Kier molecular flexibility index (Phi) is 9.32. The largest absolute Gasteiger partial charge is 0.381 e. The maximum Gasteiger partial charge on any atom is 0.254 e. The third kappa shape index (κ3) is 6.92. The van der Waals surface area contributed by atoms with E-state index in [4.69, 9.17) is 0 Å². The molecular formula is C32H37N3O4S. The molecule has 40 heavy (non-hydrogen) atoms. The van der Waals surface area contributed by atoms with Gasteiger partial charge in [0.25, 0.3) is 11.8 Å². The van der Waals surface area contributed by atoms with E-state index in [0.717, 1.165) is 22.3 Å². The van der Waals surface area contributed by atoms with E-state index in [1.165, 1.54) is 16.7 Å². The van der Waals surface area contributed by atoms with Crippen molar-refractivity contribution in [1.82, 2.24) is 15.5 Å². The van der Waals surface area contributed by atoms with Crippen LogP contribution in [0.4, 0.5) is 0 Å². The molecule has 3 atom stereocenters. The number of carbonyl (C=O) groups excluding carboxylic acids is 3. The van der Waals surface area contributed by atoms with Crippen LogP contribution >= 0.6 is 11.8 Å². The number of hydrogen-bond acceptors (Lipinski definition) is 5. The number of nitrogens with one attached hydrogen (secondary N) is 2. The summed E-state index contributed by atoms with van der Waals surface area (Å²) in [4.78, 5) is 41.8. The Morgan fingerprint density at radius 1 is 0.975 bits per heavy atom. The van der Waals surface area contributed by atoms with Gasteiger partial charge in [0, 0.05) is 16.9 Å². The second kappa shape index (κ2) is 12.7. The molecule has 4 rings (SSSR count). The van der Waals surface area contributed by atoms with E-state index in [1.54, 1.807) is 12.1 Å². The predicted octanol–water partition coefficient (Wildman–Crippen LogP) is 4.00. The minimum absolute atomic E-state index is 0.250. The van der Waals surface area contributed by atoms with Crippen molar-refractivity contribution in [3.63, 3.8) is 0 Å². The van der Waals surface area contributed by atoms with Crippen LogP contribution in [0.3, 0.4) is 0 Å². The Labute approximate surface area is 240 Å². The third-order valence-corrected chi connectivity index (χ3v) is 8.73. The van der Waals surface area contributed by atoms with Crippen LogP contribution in [-0.2, 0) is 22.6 Å². The summed E-state index contributed by atoms with van der Waals surface area (Å²) in [5, 5.41) is 17.3. The van der Waals surface area contributed by atoms with Gasteiger partial charge in [-0.3, -0.25) is 14.4 Å². The highest BCUT2D eigenvalue weighted by Crippen LogP contribution is 2.40. The van der Waals surface area contributed by atoms with Gasteiger partial charge in [-0.15, -0.1) is 11.8 Å². The highest BCUT2D eigenvalue weighted by atomic mass is 32.2. The summed E-state index contributed by atoms with van der Waals surface area (Å²) in [6, 6.07) is 22.7. The Bertz CT molecular complexity index is 1340. The summed E-state index contributed by atoms with van der Waals surface area (Å²) in [5.74, 6) is -0.979. The van der Waals surface area contributed by atoms with Crippen LogP contribution in [0.15, 0.2) is 78.9 Å². The zero-order chi connectivity index (χ0) is 28.9. The first-order chi connectivity index (χ1) is 19.1. The van der Waals surface area contributed by atoms with Gasteiger partial charge in [-0.25, -0.2) is 0 Å². The van der Waals surface area contributed by atoms with E-state index in [9.17, 15) is 19.5 Å². The maximum atomic E-state index is 13.8. The first-order valence-electron chi connectivity index (χ1n) is 13.4. The first-order valence-corrected chi connectivity index (χ1v) is 14.4. The van der Waals surface area contributed by atoms with Crippen LogP contribution in [0, 0.1) is 13.8 Å². The summed E-state index contributed by atoms with van der Waals surface area (Å²) in [5.41, 5.74) is 4.40. The molecule has 1 heterocycles. The van der Waals surface area contributed by atoms with E-state index in [0.29, 0.717) is 12.1 Å². The lowest BCUT2D eigenvalue weighted by Crippen LogP contribution is -2.58. The summed E-state index contributed by atoms with van der Waals surface area (Å²) in [7, 11) is 0. The number of rotatable bonds is 9. The lowest BCUT2D eigenvalue weighted by molar-refractivity contribution is -0.147. The number of carbonyl (C=O) groups is 3. The highest BCUT2D eigenvalue weighted by Gasteiger charge is 2.49. The average Bonchev–Trinajstić information content (AvgIpc) is 3.27. The number of benzene rings is 3. The molecule has 7 nitrogen and oxygen atoms in total. The van der Waals surface area contributed by atoms with Gasteiger partial charge in [0.2, 0.25) is 5.91 Å². The zero-order valence-corrected chi connectivity index (χ0v) is 24.2. The minimum atomic E-state index is -1.55. The van der Waals surface area contributed by atoms with Crippen LogP contribution in [0.25, 0.3) is 0 Å². The molecule has 0 aliphatic carbocycles. The molecule has 0 spiro atoms. The van der Waals surface area contributed by atoms with E-state index in [1.807, 2.05) is 94.4 Å². The number of amides is 3. The molecule has 3 N–H and O–H groups in total. The van der Waals surface area contributed by atoms with Crippen molar-refractivity contribution in [2.45, 2.75) is 63.6 Å². The molecule has 1 aliphatic rings. The SMILES string of the molecule is Cc1ccc(C(=O)N[C@@H](Cc2ccccc2)[C@H](O)C(=O)N2CSC(C)(C)[C@H]2C(=O)NCc2ccccc2C)cc1. The van der Waals surface area contributed by atoms with Crippen molar-refractivity contribution in [3.8, 4) is 0 Å². The van der Waals surface area contributed by atoms with Gasteiger partial charge in [0.05, 0.1) is 11.9 Å². The summed E-state index contributed by atoms with van der Waals surface area (Å²) < 4.78 is -0.564. The lowest BCUT2D eigenvalue weighted by atomic mass is 9.96. The molecule has 1 aliphatic heterocycles. The molecule has 1 fully saturated rings. The lowest BCUT2D eigenvalue weighted by Gasteiger charge is -2.33. The molecule has 1 saturated heterocycles. The predicted molar refractivity (Wildman–Crippen MR) is 159 cm³/mol. The van der Waals surface area contributed by atoms with Crippen molar-refractivity contribution in [3.05, 3.63) is 107 Å². The molecule has 3 aromatic rings. The van der Waals surface area contributed by atoms with Gasteiger partial charge in [-0.2, -0.15) is 0 Å². The quantitative estimate of drug-likeness (QED) is 0.368. The molecule has 3 aromatic carbocycles. The fraction of sp³-hybridized carbons (Fsp3) is 0.344. The van der Waals surface area contributed by atoms with E-state index in [-0.39, 0.29) is 24.1 Å². The second-order valence-electron chi connectivity index (χ2n) is 10.8. The van der Waals surface area contributed by atoms with Gasteiger partial charge in [0.1, 0.15) is 6.04 Å². The second-order valence-corrected chi connectivity index (χ2v) is 12.4. The molecular weight excluding hydrogens is 522 g/mol. The highest BCUT2D eigenvalue weighted by molar-refractivity contribution is 8.00. The summed E-state index contributed by atoms with van der Waals surface area (Å²) in [6.07, 6.45) is -1.30. The Balaban J connectivity index is 1.54. The molecule has 0 aromatic heterocycles. The molecule has 0 radical (unpaired) electrons. The molecule has 3 amide bonds. The number of aliphatic hydroxyl groups is 1. The Morgan fingerprint density at radius 2 is 1.62 bits per heavy atom. The number of hydrogen-bond donors (Lipinski definition) is 3. The molecule has 0 bridgehead atoms. The number of thioether (sulfide) groups is 1. The van der Waals surface area contributed by atoms with E-state index >= 15 is 0 Å². The van der Waals surface area contributed by atoms with Crippen molar-refractivity contribution >= 4 is 29.5 Å². The van der Waals surface area contributed by atoms with E-state index in [2.05, 4.69) is 10.6 Å². The number of aliphatic hydroxyl groups excluding tert-OH is 1. The van der Waals surface area contributed by atoms with Crippen molar-refractivity contribution in [2.24, 2.45) is 0 Å². The third-order valence-electron chi connectivity index (χ3n) is 7.35. The zero-order valence-electron chi connectivity index (χ0n) is 23.4. The van der Waals surface area contributed by atoms with Crippen molar-refractivity contribution in [2.75, 3.05) is 5.88 Å². The molecule has 0 unspecified atom stereocenters.